The SMILES string of the molecule is C=C(C(=O)O)C1CCC2(C)C1CCC1(C)C2CCC2C3(C)CCCC(C)(C)C3CCC21C. The second kappa shape index (κ2) is 6.88. The Bertz CT molecular complexity index is 827. The van der Waals surface area contributed by atoms with Crippen molar-refractivity contribution >= 4 is 5.97 Å². The van der Waals surface area contributed by atoms with Crippen molar-refractivity contribution in [3.63, 3.8) is 0 Å². The van der Waals surface area contributed by atoms with Crippen molar-refractivity contribution in [2.45, 2.75) is 112 Å². The number of carbonyl (C=O) groups is 1. The molecule has 2 nitrogen and oxygen atoms in total. The molecular weight excluding hydrogens is 392 g/mol. The zero-order valence-electron chi connectivity index (χ0n) is 21.7. The third-order valence-corrected chi connectivity index (χ3v) is 13.4. The molecule has 9 unspecified atom stereocenters. The molecule has 5 rings (SSSR count). The largest absolute Gasteiger partial charge is 0.478 e. The summed E-state index contributed by atoms with van der Waals surface area (Å²) < 4.78 is 0. The van der Waals surface area contributed by atoms with Crippen LogP contribution in [0.25, 0.3) is 0 Å². The Morgan fingerprint density at radius 2 is 1.31 bits per heavy atom. The minimum Gasteiger partial charge on any atom is -0.478 e. The van der Waals surface area contributed by atoms with Gasteiger partial charge in [-0.2, -0.15) is 0 Å². The van der Waals surface area contributed by atoms with Crippen molar-refractivity contribution in [1.29, 1.82) is 0 Å². The minimum atomic E-state index is -0.769. The van der Waals surface area contributed by atoms with Gasteiger partial charge in [0.25, 0.3) is 0 Å². The van der Waals surface area contributed by atoms with E-state index < -0.39 is 5.97 Å². The van der Waals surface area contributed by atoms with Crippen molar-refractivity contribution in [2.75, 3.05) is 0 Å². The first-order valence-corrected chi connectivity index (χ1v) is 13.7. The summed E-state index contributed by atoms with van der Waals surface area (Å²) in [5, 5.41) is 9.68. The number of rotatable bonds is 2. The van der Waals surface area contributed by atoms with Crippen molar-refractivity contribution in [3.05, 3.63) is 12.2 Å². The van der Waals surface area contributed by atoms with Crippen LogP contribution in [-0.4, -0.2) is 11.1 Å². The lowest BCUT2D eigenvalue weighted by Gasteiger charge is -2.73. The van der Waals surface area contributed by atoms with Gasteiger partial charge >= 0.3 is 5.97 Å². The predicted molar refractivity (Wildman–Crippen MR) is 131 cm³/mol. The number of aliphatic carboxylic acids is 1. The molecule has 5 fully saturated rings. The number of hydrogen-bond donors (Lipinski definition) is 1. The van der Waals surface area contributed by atoms with Gasteiger partial charge in [0.2, 0.25) is 0 Å². The first-order chi connectivity index (χ1) is 14.8. The number of carboxylic acids is 1. The van der Waals surface area contributed by atoms with Crippen LogP contribution in [0, 0.1) is 56.7 Å². The molecule has 0 heterocycles. The topological polar surface area (TPSA) is 37.3 Å². The molecule has 180 valence electrons. The van der Waals surface area contributed by atoms with E-state index in [0.29, 0.717) is 33.2 Å². The molecule has 2 heteroatoms. The van der Waals surface area contributed by atoms with Crippen LogP contribution < -0.4 is 0 Å². The van der Waals surface area contributed by atoms with Gasteiger partial charge in [0, 0.05) is 5.57 Å². The summed E-state index contributed by atoms with van der Waals surface area (Å²) in [5.74, 6) is 2.40. The zero-order chi connectivity index (χ0) is 23.3. The van der Waals surface area contributed by atoms with Crippen LogP contribution in [-0.2, 0) is 4.79 Å². The zero-order valence-corrected chi connectivity index (χ0v) is 21.7. The maximum Gasteiger partial charge on any atom is 0.331 e. The molecule has 0 bridgehead atoms. The second-order valence-electron chi connectivity index (χ2n) is 14.6. The fraction of sp³-hybridized carbons (Fsp3) is 0.900. The molecule has 32 heavy (non-hydrogen) atoms. The first kappa shape index (κ1) is 23.0. The average molecular weight is 441 g/mol. The standard InChI is InChI=1S/C30H48O2/c1-19(25(31)32)20-11-16-27(4)21(20)12-17-29(6)23(27)9-10-24-28(5)15-8-14-26(2,3)22(28)13-18-30(24,29)7/h20-24H,1,8-18H2,2-7H3,(H,31,32). The Hall–Kier alpha value is -0.790. The molecule has 5 aliphatic carbocycles. The molecule has 0 radical (unpaired) electrons. The molecular formula is C30H48O2. The third-order valence-electron chi connectivity index (χ3n) is 13.4. The van der Waals surface area contributed by atoms with Gasteiger partial charge in [0.1, 0.15) is 0 Å². The van der Waals surface area contributed by atoms with Crippen LogP contribution in [0.3, 0.4) is 0 Å². The lowest BCUT2D eigenvalue weighted by molar-refractivity contribution is -0.240. The summed E-state index contributed by atoms with van der Waals surface area (Å²) in [6.07, 6.45) is 14.5. The predicted octanol–water partition coefficient (Wildman–Crippen LogP) is 8.12. The normalized spacial score (nSPS) is 54.0. The monoisotopic (exact) mass is 440 g/mol. The van der Waals surface area contributed by atoms with Gasteiger partial charge < -0.3 is 5.11 Å². The van der Waals surface area contributed by atoms with Gasteiger partial charge in [0.15, 0.2) is 0 Å². The van der Waals surface area contributed by atoms with E-state index in [4.69, 9.17) is 0 Å². The summed E-state index contributed by atoms with van der Waals surface area (Å²) in [7, 11) is 0. The Kier molecular flexibility index (Phi) is 4.94. The molecule has 0 saturated heterocycles. The smallest absolute Gasteiger partial charge is 0.331 e. The molecule has 0 aliphatic heterocycles. The molecule has 0 amide bonds. The minimum absolute atomic E-state index is 0.194. The lowest BCUT2D eigenvalue weighted by atomic mass is 9.32. The summed E-state index contributed by atoms with van der Waals surface area (Å²) >= 11 is 0. The lowest BCUT2D eigenvalue weighted by Crippen LogP contribution is -2.65. The highest BCUT2D eigenvalue weighted by molar-refractivity contribution is 5.86. The van der Waals surface area contributed by atoms with Gasteiger partial charge in [-0.15, -0.1) is 0 Å². The summed E-state index contributed by atoms with van der Waals surface area (Å²) in [6, 6.07) is 0. The van der Waals surface area contributed by atoms with Gasteiger partial charge in [-0.3, -0.25) is 0 Å². The highest BCUT2D eigenvalue weighted by Gasteiger charge is 2.70. The highest BCUT2D eigenvalue weighted by Crippen LogP contribution is 2.78. The van der Waals surface area contributed by atoms with E-state index >= 15 is 0 Å². The first-order valence-electron chi connectivity index (χ1n) is 13.7. The molecule has 1 N–H and O–H groups in total. The maximum atomic E-state index is 11.8. The Morgan fingerprint density at radius 1 is 0.719 bits per heavy atom. The van der Waals surface area contributed by atoms with Crippen LogP contribution in [0.4, 0.5) is 0 Å². The van der Waals surface area contributed by atoms with E-state index in [0.717, 1.165) is 24.2 Å². The average Bonchev–Trinajstić information content (AvgIpc) is 3.04. The number of fused-ring (bicyclic) bond motifs is 7. The summed E-state index contributed by atoms with van der Waals surface area (Å²) in [6.45, 7) is 19.8. The molecule has 5 aliphatic rings. The van der Waals surface area contributed by atoms with Gasteiger partial charge in [-0.05, 0) is 121 Å². The van der Waals surface area contributed by atoms with E-state index in [9.17, 15) is 9.90 Å². The van der Waals surface area contributed by atoms with E-state index in [1.54, 1.807) is 0 Å². The van der Waals surface area contributed by atoms with E-state index in [2.05, 4.69) is 48.1 Å². The van der Waals surface area contributed by atoms with Gasteiger partial charge in [0.05, 0.1) is 0 Å². The van der Waals surface area contributed by atoms with Crippen LogP contribution in [0.15, 0.2) is 12.2 Å². The molecule has 9 atom stereocenters. The van der Waals surface area contributed by atoms with E-state index in [1.807, 2.05) is 0 Å². The van der Waals surface area contributed by atoms with Crippen LogP contribution >= 0.6 is 0 Å². The van der Waals surface area contributed by atoms with E-state index in [-0.39, 0.29) is 11.3 Å². The van der Waals surface area contributed by atoms with Crippen molar-refractivity contribution in [1.82, 2.24) is 0 Å². The Morgan fingerprint density at radius 3 is 1.94 bits per heavy atom. The summed E-state index contributed by atoms with van der Waals surface area (Å²) in [5.41, 5.74) is 2.57. The maximum absolute atomic E-state index is 11.8. The molecule has 0 aromatic heterocycles. The second-order valence-corrected chi connectivity index (χ2v) is 14.6. The highest BCUT2D eigenvalue weighted by atomic mass is 16.4. The quantitative estimate of drug-likeness (QED) is 0.440. The van der Waals surface area contributed by atoms with Crippen molar-refractivity contribution in [2.24, 2.45) is 56.7 Å². The molecule has 0 aromatic rings. The Labute approximate surface area is 197 Å². The fourth-order valence-electron chi connectivity index (χ4n) is 11.9. The van der Waals surface area contributed by atoms with Crippen molar-refractivity contribution in [3.8, 4) is 0 Å². The van der Waals surface area contributed by atoms with Crippen LogP contribution in [0.1, 0.15) is 112 Å². The number of hydrogen-bond acceptors (Lipinski definition) is 1. The molecule has 0 aromatic carbocycles. The third kappa shape index (κ3) is 2.68. The van der Waals surface area contributed by atoms with Gasteiger partial charge in [-0.25, -0.2) is 4.79 Å². The Balaban J connectivity index is 1.50. The van der Waals surface area contributed by atoms with Crippen molar-refractivity contribution < 1.29 is 9.90 Å². The van der Waals surface area contributed by atoms with E-state index in [1.165, 1.54) is 64.2 Å². The van der Waals surface area contributed by atoms with Crippen LogP contribution in [0.5, 0.6) is 0 Å². The number of carboxylic acid groups (broad SMARTS) is 1. The molecule has 5 saturated carbocycles. The van der Waals surface area contributed by atoms with Crippen LogP contribution in [0.2, 0.25) is 0 Å². The van der Waals surface area contributed by atoms with Gasteiger partial charge in [-0.1, -0.05) is 54.5 Å². The molecule has 0 spiro atoms. The fourth-order valence-corrected chi connectivity index (χ4v) is 11.9. The summed E-state index contributed by atoms with van der Waals surface area (Å²) in [4.78, 5) is 11.8.